The number of allylic oxidation sites excluding steroid dienone is 1. The van der Waals surface area contributed by atoms with Gasteiger partial charge in [0.05, 0.1) is 16.2 Å². The zero-order valence-corrected chi connectivity index (χ0v) is 20.6. The van der Waals surface area contributed by atoms with Gasteiger partial charge in [0.2, 0.25) is 0 Å². The predicted octanol–water partition coefficient (Wildman–Crippen LogP) is 7.37. The van der Waals surface area contributed by atoms with Gasteiger partial charge in [0, 0.05) is 42.8 Å². The fourth-order valence-corrected chi connectivity index (χ4v) is 4.18. The summed E-state index contributed by atoms with van der Waals surface area (Å²) in [5.74, 6) is -0.212. The van der Waals surface area contributed by atoms with Gasteiger partial charge in [0.25, 0.3) is 0 Å². The van der Waals surface area contributed by atoms with Crippen LogP contribution in [-0.4, -0.2) is 41.0 Å². The molecule has 0 saturated carbocycles. The van der Waals surface area contributed by atoms with E-state index in [0.717, 1.165) is 60.3 Å². The molecule has 0 radical (unpaired) electrons. The van der Waals surface area contributed by atoms with Gasteiger partial charge in [-0.15, -0.1) is 0 Å². The van der Waals surface area contributed by atoms with Gasteiger partial charge >= 0.3 is 0 Å². The molecular weight excluding hydrogens is 433 g/mol. The van der Waals surface area contributed by atoms with Crippen LogP contribution in [0.5, 0.6) is 0 Å². The summed E-state index contributed by atoms with van der Waals surface area (Å²) in [7, 11) is 0. The summed E-state index contributed by atoms with van der Waals surface area (Å²) in [4.78, 5) is 9.28. The normalized spacial score (nSPS) is 13.5. The number of hydrogen-bond acceptors (Lipinski definition) is 3. The van der Waals surface area contributed by atoms with Gasteiger partial charge in [0.1, 0.15) is 5.82 Å². The van der Waals surface area contributed by atoms with Crippen molar-refractivity contribution >= 4 is 22.5 Å². The Hall–Kier alpha value is -2.85. The number of hydrogen-bond donors (Lipinski definition) is 0. The van der Waals surface area contributed by atoms with Crippen molar-refractivity contribution in [2.24, 2.45) is 0 Å². The van der Waals surface area contributed by atoms with Crippen LogP contribution in [0, 0.1) is 19.7 Å². The number of piperazine rings is 1. The van der Waals surface area contributed by atoms with E-state index < -0.39 is 0 Å². The Bertz CT molecular complexity index is 1130. The van der Waals surface area contributed by atoms with E-state index in [-0.39, 0.29) is 5.82 Å². The summed E-state index contributed by atoms with van der Waals surface area (Å²) in [6, 6.07) is 12.8. The van der Waals surface area contributed by atoms with Crippen LogP contribution in [-0.2, 0) is 0 Å². The van der Waals surface area contributed by atoms with Crippen molar-refractivity contribution in [3.63, 3.8) is 0 Å². The quantitative estimate of drug-likeness (QED) is 0.392. The summed E-state index contributed by atoms with van der Waals surface area (Å²) >= 11 is 6.32. The van der Waals surface area contributed by atoms with Crippen molar-refractivity contribution in [2.75, 3.05) is 26.2 Å². The zero-order valence-electron chi connectivity index (χ0n) is 19.9. The maximum Gasteiger partial charge on any atom is 0.126 e. The first kappa shape index (κ1) is 24.8. The van der Waals surface area contributed by atoms with Crippen LogP contribution < -0.4 is 0 Å². The first-order valence-electron chi connectivity index (χ1n) is 11.4. The van der Waals surface area contributed by atoms with E-state index in [0.29, 0.717) is 10.6 Å². The lowest BCUT2D eigenvalue weighted by Crippen LogP contribution is -2.43. The van der Waals surface area contributed by atoms with Crippen molar-refractivity contribution in [3.8, 4) is 11.3 Å². The monoisotopic (exact) mass is 465 g/mol. The molecule has 1 aliphatic rings. The molecule has 4 rings (SSSR count). The number of rotatable bonds is 5. The van der Waals surface area contributed by atoms with Crippen LogP contribution in [0.15, 0.2) is 67.5 Å². The molecule has 1 fully saturated rings. The van der Waals surface area contributed by atoms with Crippen LogP contribution in [0.1, 0.15) is 30.9 Å². The number of pyridine rings is 1. The molecule has 1 saturated heterocycles. The largest absolute Gasteiger partial charge is 0.374 e. The molecule has 0 amide bonds. The van der Waals surface area contributed by atoms with Crippen molar-refractivity contribution in [2.45, 2.75) is 33.6 Å². The standard InChI is InChI=1S/C17H13ClFN.C11H20N2/c1-10-3-5-13-14(18)9-16(20-17(13)7-10)12-4-6-15(19)11(2)8-12;1-4-6-11(3)13-9-7-12(5-2)8-10-13/h3-9H,1-2H3;5H,2-4,6-10H2,1H3. The van der Waals surface area contributed by atoms with Crippen LogP contribution >= 0.6 is 11.6 Å². The molecule has 1 aromatic heterocycles. The van der Waals surface area contributed by atoms with Gasteiger partial charge in [-0.2, -0.15) is 0 Å². The molecule has 2 aromatic carbocycles. The molecule has 0 N–H and O–H groups in total. The van der Waals surface area contributed by atoms with Crippen molar-refractivity contribution in [1.82, 2.24) is 14.8 Å². The van der Waals surface area contributed by atoms with E-state index in [4.69, 9.17) is 11.6 Å². The number of halogens is 2. The van der Waals surface area contributed by atoms with Gasteiger partial charge in [-0.3, -0.25) is 0 Å². The Kier molecular flexibility index (Phi) is 8.51. The predicted molar refractivity (Wildman–Crippen MR) is 139 cm³/mol. The van der Waals surface area contributed by atoms with E-state index in [1.807, 2.05) is 37.4 Å². The molecule has 2 heterocycles. The molecule has 33 heavy (non-hydrogen) atoms. The highest BCUT2D eigenvalue weighted by molar-refractivity contribution is 6.35. The second-order valence-corrected chi connectivity index (χ2v) is 8.90. The summed E-state index contributed by atoms with van der Waals surface area (Å²) in [5, 5.41) is 1.59. The van der Waals surface area contributed by atoms with E-state index >= 15 is 0 Å². The summed E-state index contributed by atoms with van der Waals surface area (Å²) in [6.07, 6.45) is 4.26. The first-order valence-corrected chi connectivity index (χ1v) is 11.8. The lowest BCUT2D eigenvalue weighted by Gasteiger charge is -2.36. The third-order valence-electron chi connectivity index (χ3n) is 5.93. The van der Waals surface area contributed by atoms with Crippen molar-refractivity contribution < 1.29 is 4.39 Å². The van der Waals surface area contributed by atoms with Crippen molar-refractivity contribution in [1.29, 1.82) is 0 Å². The van der Waals surface area contributed by atoms with Crippen LogP contribution in [0.4, 0.5) is 4.39 Å². The fraction of sp³-hybridized carbons (Fsp3) is 0.321. The third-order valence-corrected chi connectivity index (χ3v) is 6.24. The molecule has 3 nitrogen and oxygen atoms in total. The second kappa shape index (κ2) is 11.3. The minimum Gasteiger partial charge on any atom is -0.374 e. The van der Waals surface area contributed by atoms with E-state index in [1.165, 1.54) is 18.2 Å². The highest BCUT2D eigenvalue weighted by atomic mass is 35.5. The average molecular weight is 466 g/mol. The summed E-state index contributed by atoms with van der Waals surface area (Å²) in [5.41, 5.74) is 5.52. The Balaban J connectivity index is 0.000000205. The molecule has 0 spiro atoms. The molecule has 0 unspecified atom stereocenters. The Morgan fingerprint density at radius 2 is 1.82 bits per heavy atom. The summed E-state index contributed by atoms with van der Waals surface area (Å²) < 4.78 is 13.4. The maximum atomic E-state index is 13.4. The minimum absolute atomic E-state index is 0.212. The number of aryl methyl sites for hydroxylation is 2. The number of benzene rings is 2. The average Bonchev–Trinajstić information content (AvgIpc) is 2.81. The second-order valence-electron chi connectivity index (χ2n) is 8.50. The Morgan fingerprint density at radius 3 is 2.45 bits per heavy atom. The van der Waals surface area contributed by atoms with Crippen molar-refractivity contribution in [3.05, 3.63) is 89.5 Å². The van der Waals surface area contributed by atoms with Gasteiger partial charge in [-0.1, -0.05) is 50.2 Å². The summed E-state index contributed by atoms with van der Waals surface area (Å²) in [6.45, 7) is 18.2. The van der Waals surface area contributed by atoms with E-state index in [2.05, 4.69) is 34.9 Å². The Labute approximate surface area is 202 Å². The number of aromatic nitrogens is 1. The topological polar surface area (TPSA) is 19.4 Å². The zero-order chi connectivity index (χ0) is 24.0. The maximum absolute atomic E-state index is 13.4. The van der Waals surface area contributed by atoms with E-state index in [1.54, 1.807) is 19.1 Å². The first-order chi connectivity index (χ1) is 15.8. The smallest absolute Gasteiger partial charge is 0.126 e. The molecule has 3 aromatic rings. The molecule has 174 valence electrons. The van der Waals surface area contributed by atoms with Gasteiger partial charge in [-0.05, 0) is 67.9 Å². The van der Waals surface area contributed by atoms with Crippen LogP contribution in [0.25, 0.3) is 22.2 Å². The van der Waals surface area contributed by atoms with Crippen LogP contribution in [0.3, 0.4) is 0 Å². The fourth-order valence-electron chi connectivity index (χ4n) is 3.92. The molecule has 0 atom stereocenters. The highest BCUT2D eigenvalue weighted by Gasteiger charge is 2.14. The molecule has 0 aliphatic carbocycles. The van der Waals surface area contributed by atoms with Gasteiger partial charge < -0.3 is 9.80 Å². The lowest BCUT2D eigenvalue weighted by atomic mass is 10.1. The highest BCUT2D eigenvalue weighted by Crippen LogP contribution is 2.29. The lowest BCUT2D eigenvalue weighted by molar-refractivity contribution is 0.201. The molecular formula is C28H33ClFN3. The Morgan fingerprint density at radius 1 is 1.09 bits per heavy atom. The number of nitrogens with zero attached hydrogens (tertiary/aromatic N) is 3. The SMILES string of the molecule is C=CN1CCN(C(=C)CCC)CC1.Cc1ccc2c(Cl)cc(-c3ccc(F)c(C)c3)nc2c1. The van der Waals surface area contributed by atoms with Gasteiger partial charge in [0.15, 0.2) is 0 Å². The van der Waals surface area contributed by atoms with Gasteiger partial charge in [-0.25, -0.2) is 9.37 Å². The molecule has 1 aliphatic heterocycles. The minimum atomic E-state index is -0.212. The van der Waals surface area contributed by atoms with E-state index in [9.17, 15) is 4.39 Å². The molecule has 0 bridgehead atoms. The van der Waals surface area contributed by atoms with Crippen LogP contribution in [0.2, 0.25) is 5.02 Å². The third kappa shape index (κ3) is 6.35. The number of fused-ring (bicyclic) bond motifs is 1. The molecule has 5 heteroatoms.